The highest BCUT2D eigenvalue weighted by molar-refractivity contribution is 7.91. The van der Waals surface area contributed by atoms with E-state index in [1.807, 2.05) is 24.3 Å². The lowest BCUT2D eigenvalue weighted by molar-refractivity contribution is 0.133. The smallest absolute Gasteiger partial charge is 0.222 e. The predicted octanol–water partition coefficient (Wildman–Crippen LogP) is 2.83. The van der Waals surface area contributed by atoms with Crippen LogP contribution in [0.3, 0.4) is 0 Å². The Morgan fingerprint density at radius 2 is 1.96 bits per heavy atom. The van der Waals surface area contributed by atoms with Crippen LogP contribution in [0.2, 0.25) is 5.28 Å². The number of nitrogens with zero attached hydrogens (tertiary/aromatic N) is 2. The van der Waals surface area contributed by atoms with Crippen LogP contribution < -0.4 is 0 Å². The minimum atomic E-state index is -3.01. The molecule has 0 saturated heterocycles. The van der Waals surface area contributed by atoms with Gasteiger partial charge in [-0.15, -0.1) is 0 Å². The van der Waals surface area contributed by atoms with E-state index in [0.29, 0.717) is 19.6 Å². The molecule has 0 bridgehead atoms. The molecular formula is C17H17ClN2O3S. The average Bonchev–Trinajstić information content (AvgIpc) is 3.28. The first-order chi connectivity index (χ1) is 11.5. The maximum atomic E-state index is 12.2. The van der Waals surface area contributed by atoms with Crippen LogP contribution in [0.1, 0.15) is 40.9 Å². The molecule has 2 heterocycles. The van der Waals surface area contributed by atoms with Gasteiger partial charge in [0.2, 0.25) is 5.28 Å². The van der Waals surface area contributed by atoms with Gasteiger partial charge in [-0.05, 0) is 35.6 Å². The van der Waals surface area contributed by atoms with Gasteiger partial charge in [0.15, 0.2) is 9.84 Å². The van der Waals surface area contributed by atoms with E-state index in [2.05, 4.69) is 9.97 Å². The summed E-state index contributed by atoms with van der Waals surface area (Å²) in [5.41, 5.74) is 4.53. The van der Waals surface area contributed by atoms with Crippen molar-refractivity contribution >= 4 is 21.4 Å². The second-order valence-corrected chi connectivity index (χ2v) is 8.98. The molecule has 5 nitrogen and oxygen atoms in total. The number of sulfone groups is 1. The van der Waals surface area contributed by atoms with Crippen molar-refractivity contribution in [3.8, 4) is 0 Å². The van der Waals surface area contributed by atoms with Gasteiger partial charge in [-0.1, -0.05) is 24.3 Å². The van der Waals surface area contributed by atoms with Crippen molar-refractivity contribution in [1.29, 1.82) is 0 Å². The largest absolute Gasteiger partial charge is 0.370 e. The highest BCUT2D eigenvalue weighted by Gasteiger charge is 2.35. The minimum Gasteiger partial charge on any atom is -0.370 e. The average molecular weight is 365 g/mol. The quantitative estimate of drug-likeness (QED) is 0.763. The molecule has 2 aromatic rings. The zero-order valence-electron chi connectivity index (χ0n) is 13.0. The maximum Gasteiger partial charge on any atom is 0.222 e. The van der Waals surface area contributed by atoms with Crippen molar-refractivity contribution in [1.82, 2.24) is 9.97 Å². The predicted molar refractivity (Wildman–Crippen MR) is 90.4 cm³/mol. The minimum absolute atomic E-state index is 0.108. The van der Waals surface area contributed by atoms with E-state index >= 15 is 0 Å². The second-order valence-electron chi connectivity index (χ2n) is 6.36. The van der Waals surface area contributed by atoms with E-state index in [4.69, 9.17) is 16.3 Å². The van der Waals surface area contributed by atoms with E-state index in [9.17, 15) is 8.42 Å². The normalized spacial score (nSPS) is 17.0. The Balaban J connectivity index is 1.59. The molecule has 1 aliphatic carbocycles. The van der Waals surface area contributed by atoms with Gasteiger partial charge in [0.25, 0.3) is 0 Å². The monoisotopic (exact) mass is 364 g/mol. The lowest BCUT2D eigenvalue weighted by Crippen LogP contribution is -2.10. The molecule has 2 aliphatic rings. The lowest BCUT2D eigenvalue weighted by Gasteiger charge is -2.09. The van der Waals surface area contributed by atoms with Crippen molar-refractivity contribution in [2.24, 2.45) is 0 Å². The fourth-order valence-corrected chi connectivity index (χ4v) is 4.97. The molecule has 24 heavy (non-hydrogen) atoms. The van der Waals surface area contributed by atoms with Crippen LogP contribution in [0.25, 0.3) is 0 Å². The number of halogens is 1. The molecule has 0 unspecified atom stereocenters. The van der Waals surface area contributed by atoms with Gasteiger partial charge >= 0.3 is 0 Å². The first-order valence-electron chi connectivity index (χ1n) is 7.92. The fourth-order valence-electron chi connectivity index (χ4n) is 3.03. The lowest BCUT2D eigenvalue weighted by atomic mass is 10.0. The Kier molecular flexibility index (Phi) is 4.06. The third-order valence-corrected chi connectivity index (χ3v) is 6.79. The topological polar surface area (TPSA) is 69.2 Å². The number of fused-ring (bicyclic) bond motifs is 1. The molecule has 0 atom stereocenters. The Labute approximate surface area is 146 Å². The molecule has 4 rings (SSSR count). The molecule has 0 spiro atoms. The molecule has 0 radical (unpaired) electrons. The molecular weight excluding hydrogens is 348 g/mol. The molecule has 1 aromatic carbocycles. The van der Waals surface area contributed by atoms with E-state index in [1.165, 1.54) is 0 Å². The van der Waals surface area contributed by atoms with Crippen molar-refractivity contribution in [3.05, 3.63) is 57.6 Å². The molecule has 1 saturated carbocycles. The molecule has 1 aromatic heterocycles. The number of hydrogen-bond donors (Lipinski definition) is 0. The molecule has 1 fully saturated rings. The SMILES string of the molecule is O=S(=O)(Cc1cccc(Cc2nc(Cl)nc3c2COC3)c1)C1CC1. The third kappa shape index (κ3) is 3.31. The van der Waals surface area contributed by atoms with E-state index in [1.54, 1.807) is 0 Å². The standard InChI is InChI=1S/C17H17ClN2O3S/c18-17-19-15(14-8-23-9-16(14)20-17)7-11-2-1-3-12(6-11)10-24(21,22)13-4-5-13/h1-3,6,13H,4-5,7-10H2. The summed E-state index contributed by atoms with van der Waals surface area (Å²) in [6.45, 7) is 0.960. The first kappa shape index (κ1) is 16.0. The van der Waals surface area contributed by atoms with Crippen molar-refractivity contribution < 1.29 is 13.2 Å². The van der Waals surface area contributed by atoms with Crippen LogP contribution in [0.4, 0.5) is 0 Å². The molecule has 7 heteroatoms. The number of rotatable bonds is 5. The van der Waals surface area contributed by atoms with Crippen LogP contribution in [0.15, 0.2) is 24.3 Å². The van der Waals surface area contributed by atoms with E-state index < -0.39 is 9.84 Å². The van der Waals surface area contributed by atoms with Gasteiger partial charge < -0.3 is 4.74 Å². The Bertz CT molecular complexity index is 895. The van der Waals surface area contributed by atoms with Crippen LogP contribution in [-0.4, -0.2) is 23.6 Å². The molecule has 1 aliphatic heterocycles. The highest BCUT2D eigenvalue weighted by Crippen LogP contribution is 2.31. The van der Waals surface area contributed by atoms with Crippen molar-refractivity contribution in [2.75, 3.05) is 0 Å². The Morgan fingerprint density at radius 1 is 1.17 bits per heavy atom. The zero-order chi connectivity index (χ0) is 16.7. The van der Waals surface area contributed by atoms with Crippen LogP contribution in [0.5, 0.6) is 0 Å². The van der Waals surface area contributed by atoms with Crippen LogP contribution in [-0.2, 0) is 40.0 Å². The zero-order valence-corrected chi connectivity index (χ0v) is 14.6. The summed E-state index contributed by atoms with van der Waals surface area (Å²) >= 11 is 6.00. The molecule has 0 amide bonds. The van der Waals surface area contributed by atoms with Crippen LogP contribution >= 0.6 is 11.6 Å². The number of benzene rings is 1. The van der Waals surface area contributed by atoms with Gasteiger partial charge in [-0.25, -0.2) is 18.4 Å². The summed E-state index contributed by atoms with van der Waals surface area (Å²) in [7, 11) is -3.01. The first-order valence-corrected chi connectivity index (χ1v) is 10.0. The number of aromatic nitrogens is 2. The maximum absolute atomic E-state index is 12.2. The van der Waals surface area contributed by atoms with Gasteiger partial charge in [0.05, 0.1) is 35.6 Å². The van der Waals surface area contributed by atoms with Crippen LogP contribution in [0, 0.1) is 0 Å². The summed E-state index contributed by atoms with van der Waals surface area (Å²) in [4.78, 5) is 8.54. The molecule has 126 valence electrons. The summed E-state index contributed by atoms with van der Waals surface area (Å²) in [6.07, 6.45) is 2.19. The number of hydrogen-bond acceptors (Lipinski definition) is 5. The molecule has 0 N–H and O–H groups in total. The van der Waals surface area contributed by atoms with Crippen molar-refractivity contribution in [3.63, 3.8) is 0 Å². The highest BCUT2D eigenvalue weighted by atomic mass is 35.5. The Morgan fingerprint density at radius 3 is 2.75 bits per heavy atom. The van der Waals surface area contributed by atoms with E-state index in [-0.39, 0.29) is 16.3 Å². The second kappa shape index (κ2) is 6.10. The van der Waals surface area contributed by atoms with Gasteiger partial charge in [-0.3, -0.25) is 0 Å². The third-order valence-electron chi connectivity index (χ3n) is 4.40. The summed E-state index contributed by atoms with van der Waals surface area (Å²) < 4.78 is 29.8. The summed E-state index contributed by atoms with van der Waals surface area (Å²) in [5, 5.41) is 0.0870. The van der Waals surface area contributed by atoms with Gasteiger partial charge in [-0.2, -0.15) is 0 Å². The summed E-state index contributed by atoms with van der Waals surface area (Å²) in [6, 6.07) is 7.68. The summed E-state index contributed by atoms with van der Waals surface area (Å²) in [5.74, 6) is 0.108. The fraction of sp³-hybridized carbons (Fsp3) is 0.412. The number of ether oxygens (including phenoxy) is 1. The van der Waals surface area contributed by atoms with Gasteiger partial charge in [0.1, 0.15) is 0 Å². The Hall–Kier alpha value is -1.50. The van der Waals surface area contributed by atoms with Crippen molar-refractivity contribution in [2.45, 2.75) is 43.5 Å². The van der Waals surface area contributed by atoms with E-state index in [0.717, 1.165) is 40.9 Å². The van der Waals surface area contributed by atoms with Gasteiger partial charge in [0, 0.05) is 12.0 Å².